The van der Waals surface area contributed by atoms with Crippen LogP contribution in [0.4, 0.5) is 5.69 Å². The average molecular weight is 276 g/mol. The Bertz CT molecular complexity index is 536. The lowest BCUT2D eigenvalue weighted by Crippen LogP contribution is -2.35. The van der Waals surface area contributed by atoms with E-state index in [-0.39, 0.29) is 23.6 Å². The molecule has 0 aromatic heterocycles. The minimum atomic E-state index is -0.435. The van der Waals surface area contributed by atoms with E-state index in [0.717, 1.165) is 5.56 Å². The molecule has 0 fully saturated rings. The highest BCUT2D eigenvalue weighted by Crippen LogP contribution is 2.28. The van der Waals surface area contributed by atoms with E-state index in [0.29, 0.717) is 6.54 Å². The normalized spacial score (nSPS) is 10.6. The molecule has 1 rings (SSSR count). The van der Waals surface area contributed by atoms with Crippen molar-refractivity contribution in [3.63, 3.8) is 0 Å². The summed E-state index contributed by atoms with van der Waals surface area (Å²) in [5.41, 5.74) is 0.775. The first kappa shape index (κ1) is 16.0. The Hall–Kier alpha value is -2.06. The van der Waals surface area contributed by atoms with Gasteiger partial charge in [0.2, 0.25) is 0 Å². The monoisotopic (exact) mass is 276 g/mol. The summed E-state index contributed by atoms with van der Waals surface area (Å²) < 4.78 is 5.30. The van der Waals surface area contributed by atoms with Crippen LogP contribution in [0.5, 0.6) is 5.75 Å². The van der Waals surface area contributed by atoms with E-state index in [4.69, 9.17) is 4.74 Å². The summed E-state index contributed by atoms with van der Waals surface area (Å²) in [6.07, 6.45) is 0. The minimum Gasteiger partial charge on any atom is -0.474 e. The maximum Gasteiger partial charge on any atom is 0.311 e. The van der Waals surface area contributed by atoms with Crippen molar-refractivity contribution in [1.82, 2.24) is 5.32 Å². The summed E-state index contributed by atoms with van der Waals surface area (Å²) in [5.74, 6) is 5.64. The fraction of sp³-hybridized carbons (Fsp3) is 0.467. The Morgan fingerprint density at radius 1 is 1.40 bits per heavy atom. The average Bonchev–Trinajstić information content (AvgIpc) is 2.36. The van der Waals surface area contributed by atoms with Crippen LogP contribution in [0.25, 0.3) is 0 Å². The molecule has 5 nitrogen and oxygen atoms in total. The first-order valence-electron chi connectivity index (χ1n) is 6.38. The van der Waals surface area contributed by atoms with Gasteiger partial charge in [0.15, 0.2) is 5.75 Å². The topological polar surface area (TPSA) is 64.4 Å². The number of nitro groups is 1. The Kier molecular flexibility index (Phi) is 5.53. The number of nitrogens with one attached hydrogen (secondary N) is 1. The maximum absolute atomic E-state index is 11.1. The Labute approximate surface area is 119 Å². The van der Waals surface area contributed by atoms with Gasteiger partial charge in [0, 0.05) is 18.2 Å². The van der Waals surface area contributed by atoms with E-state index in [1.54, 1.807) is 13.0 Å². The number of nitrogens with zero attached hydrogens (tertiary/aromatic N) is 1. The maximum atomic E-state index is 11.1. The fourth-order valence-corrected chi connectivity index (χ4v) is 1.49. The van der Waals surface area contributed by atoms with E-state index in [9.17, 15) is 10.1 Å². The molecule has 0 aliphatic heterocycles. The standard InChI is InChI=1S/C15H20N2O3/c1-5-6-9-20-14-8-7-12(10-13(14)17(18)19)11-16-15(2,3)4/h7-8,10,16H,9,11H2,1-4H3. The summed E-state index contributed by atoms with van der Waals surface area (Å²) in [4.78, 5) is 10.6. The van der Waals surface area contributed by atoms with Gasteiger partial charge in [0.1, 0.15) is 6.61 Å². The lowest BCUT2D eigenvalue weighted by Gasteiger charge is -2.20. The highest BCUT2D eigenvalue weighted by molar-refractivity contribution is 5.48. The second-order valence-electron chi connectivity index (χ2n) is 5.38. The van der Waals surface area contributed by atoms with E-state index in [2.05, 4.69) is 17.2 Å². The molecular formula is C15H20N2O3. The summed E-state index contributed by atoms with van der Waals surface area (Å²) in [7, 11) is 0. The van der Waals surface area contributed by atoms with Crippen molar-refractivity contribution >= 4 is 5.69 Å². The number of rotatable bonds is 5. The van der Waals surface area contributed by atoms with Crippen LogP contribution in [0.15, 0.2) is 18.2 Å². The van der Waals surface area contributed by atoms with Crippen molar-refractivity contribution in [3.8, 4) is 17.6 Å². The molecule has 5 heteroatoms. The molecule has 0 unspecified atom stereocenters. The van der Waals surface area contributed by atoms with Crippen molar-refractivity contribution in [2.24, 2.45) is 0 Å². The van der Waals surface area contributed by atoms with E-state index < -0.39 is 4.92 Å². The van der Waals surface area contributed by atoms with Gasteiger partial charge in [-0.15, -0.1) is 5.92 Å². The Morgan fingerprint density at radius 3 is 2.65 bits per heavy atom. The highest BCUT2D eigenvalue weighted by Gasteiger charge is 2.16. The zero-order chi connectivity index (χ0) is 15.2. The van der Waals surface area contributed by atoms with Gasteiger partial charge in [-0.1, -0.05) is 12.0 Å². The molecule has 0 amide bonds. The predicted octanol–water partition coefficient (Wildman–Crippen LogP) is 2.89. The van der Waals surface area contributed by atoms with Gasteiger partial charge in [-0.3, -0.25) is 10.1 Å². The van der Waals surface area contributed by atoms with Crippen LogP contribution in [0, 0.1) is 22.0 Å². The molecule has 0 atom stereocenters. The summed E-state index contributed by atoms with van der Waals surface area (Å²) >= 11 is 0. The van der Waals surface area contributed by atoms with Gasteiger partial charge in [0.05, 0.1) is 4.92 Å². The molecule has 0 saturated heterocycles. The first-order chi connectivity index (χ1) is 9.33. The molecule has 1 aromatic carbocycles. The molecule has 0 aliphatic carbocycles. The fourth-order valence-electron chi connectivity index (χ4n) is 1.49. The van der Waals surface area contributed by atoms with Crippen LogP contribution in [0.3, 0.4) is 0 Å². The van der Waals surface area contributed by atoms with Crippen molar-refractivity contribution in [2.45, 2.75) is 39.8 Å². The molecule has 1 aromatic rings. The number of hydrogen-bond donors (Lipinski definition) is 1. The summed E-state index contributed by atoms with van der Waals surface area (Å²) in [6, 6.07) is 4.98. The molecule has 0 radical (unpaired) electrons. The van der Waals surface area contributed by atoms with E-state index in [1.165, 1.54) is 6.07 Å². The molecule has 0 saturated carbocycles. The van der Waals surface area contributed by atoms with Crippen LogP contribution >= 0.6 is 0 Å². The summed E-state index contributed by atoms with van der Waals surface area (Å²) in [6.45, 7) is 8.54. The Balaban J connectivity index is 2.88. The molecule has 0 spiro atoms. The highest BCUT2D eigenvalue weighted by atomic mass is 16.6. The van der Waals surface area contributed by atoms with E-state index in [1.807, 2.05) is 26.8 Å². The largest absolute Gasteiger partial charge is 0.474 e. The number of ether oxygens (including phenoxy) is 1. The zero-order valence-corrected chi connectivity index (χ0v) is 12.3. The third-order valence-corrected chi connectivity index (χ3v) is 2.52. The van der Waals surface area contributed by atoms with Crippen LogP contribution in [-0.2, 0) is 6.54 Å². The third kappa shape index (κ3) is 5.29. The number of benzene rings is 1. The minimum absolute atomic E-state index is 0.0314. The Morgan fingerprint density at radius 2 is 2.10 bits per heavy atom. The third-order valence-electron chi connectivity index (χ3n) is 2.52. The molecule has 0 bridgehead atoms. The van der Waals surface area contributed by atoms with Crippen LogP contribution in [0.2, 0.25) is 0 Å². The second-order valence-corrected chi connectivity index (χ2v) is 5.38. The van der Waals surface area contributed by atoms with Crippen molar-refractivity contribution < 1.29 is 9.66 Å². The van der Waals surface area contributed by atoms with Crippen molar-refractivity contribution in [2.75, 3.05) is 6.61 Å². The van der Waals surface area contributed by atoms with Gasteiger partial charge in [0.25, 0.3) is 0 Å². The SMILES string of the molecule is CC#CCOc1ccc(CNC(C)(C)C)cc1[N+](=O)[O-]. The zero-order valence-electron chi connectivity index (χ0n) is 12.3. The lowest BCUT2D eigenvalue weighted by molar-refractivity contribution is -0.385. The van der Waals surface area contributed by atoms with Gasteiger partial charge in [-0.2, -0.15) is 0 Å². The van der Waals surface area contributed by atoms with Gasteiger partial charge >= 0.3 is 5.69 Å². The number of hydrogen-bond acceptors (Lipinski definition) is 4. The smallest absolute Gasteiger partial charge is 0.311 e. The molecule has 1 N–H and O–H groups in total. The van der Waals surface area contributed by atoms with Crippen LogP contribution < -0.4 is 10.1 Å². The van der Waals surface area contributed by atoms with Crippen molar-refractivity contribution in [3.05, 3.63) is 33.9 Å². The summed E-state index contributed by atoms with van der Waals surface area (Å²) in [5, 5.41) is 14.4. The molecule has 0 aliphatic rings. The first-order valence-corrected chi connectivity index (χ1v) is 6.38. The lowest BCUT2D eigenvalue weighted by atomic mass is 10.1. The molecule has 108 valence electrons. The van der Waals surface area contributed by atoms with Crippen LogP contribution in [0.1, 0.15) is 33.3 Å². The van der Waals surface area contributed by atoms with Gasteiger partial charge in [-0.25, -0.2) is 0 Å². The van der Waals surface area contributed by atoms with Crippen LogP contribution in [-0.4, -0.2) is 17.1 Å². The van der Waals surface area contributed by atoms with Crippen molar-refractivity contribution in [1.29, 1.82) is 0 Å². The molecule has 0 heterocycles. The second kappa shape index (κ2) is 6.92. The quantitative estimate of drug-likeness (QED) is 0.510. The van der Waals surface area contributed by atoms with E-state index >= 15 is 0 Å². The van der Waals surface area contributed by atoms with Gasteiger partial charge < -0.3 is 10.1 Å². The predicted molar refractivity (Wildman–Crippen MR) is 78.6 cm³/mol. The number of nitro benzene ring substituents is 1. The molecular weight excluding hydrogens is 256 g/mol. The molecule has 20 heavy (non-hydrogen) atoms. The van der Waals surface area contributed by atoms with Gasteiger partial charge in [-0.05, 0) is 39.3 Å².